The van der Waals surface area contributed by atoms with Gasteiger partial charge in [0.05, 0.1) is 19.8 Å². The lowest BCUT2D eigenvalue weighted by Gasteiger charge is -2.36. The van der Waals surface area contributed by atoms with Crippen molar-refractivity contribution in [2.24, 2.45) is 11.8 Å². The molecule has 0 radical (unpaired) electrons. The largest absolute Gasteiger partial charge is 0.461 e. The van der Waals surface area contributed by atoms with Crippen molar-refractivity contribution in [1.82, 2.24) is 5.32 Å². The highest BCUT2D eigenvalue weighted by molar-refractivity contribution is 5.81. The number of carbonyl (C=O) groups excluding carboxylic acids is 3. The molecule has 1 N–H and O–H groups in total. The van der Waals surface area contributed by atoms with Gasteiger partial charge in [0, 0.05) is 6.08 Å². The van der Waals surface area contributed by atoms with Gasteiger partial charge < -0.3 is 19.5 Å². The Balaban J connectivity index is 2.60. The fourth-order valence-corrected chi connectivity index (χ4v) is 3.11. The van der Waals surface area contributed by atoms with Crippen molar-refractivity contribution >= 4 is 18.0 Å². The van der Waals surface area contributed by atoms with Gasteiger partial charge in [0.2, 0.25) is 0 Å². The molecule has 0 aromatic heterocycles. The number of hydrogen-bond acceptors (Lipinski definition) is 7. The van der Waals surface area contributed by atoms with Crippen molar-refractivity contribution in [3.63, 3.8) is 0 Å². The van der Waals surface area contributed by atoms with Gasteiger partial charge in [0.25, 0.3) is 5.67 Å². The van der Waals surface area contributed by atoms with Crippen LogP contribution in [0.25, 0.3) is 0 Å². The maximum atomic E-state index is 14.3. The second kappa shape index (κ2) is 13.0. The lowest BCUT2D eigenvalue weighted by molar-refractivity contribution is -0.448. The van der Waals surface area contributed by atoms with Crippen molar-refractivity contribution in [1.29, 1.82) is 0 Å². The molecule has 18 heteroatoms. The molecule has 0 aliphatic heterocycles. The van der Waals surface area contributed by atoms with Gasteiger partial charge in [-0.2, -0.15) is 39.5 Å². The van der Waals surface area contributed by atoms with Crippen LogP contribution in [0.4, 0.5) is 48.7 Å². The Hall–Kier alpha value is -2.79. The molecule has 1 aliphatic carbocycles. The number of nitrogens with one attached hydrogen (secondary N) is 1. The standard InChI is InChI=1S/C21H25F10NO7/c1-3-14(33)36-9-8-32-16(35)38-11-13-6-4-12(5-7-13)10-37-15(34)18(23,20(27,28)29)39-21(30,31)17(2,22)19(24,25)26/h3,12-13H,1,4-11H2,2H3,(H,32,35). The Morgan fingerprint density at radius 2 is 1.31 bits per heavy atom. The molecule has 2 unspecified atom stereocenters. The molecule has 8 nitrogen and oxygen atoms in total. The van der Waals surface area contributed by atoms with Crippen molar-refractivity contribution in [2.45, 2.75) is 62.6 Å². The zero-order valence-corrected chi connectivity index (χ0v) is 20.2. The van der Waals surface area contributed by atoms with Gasteiger partial charge in [0.15, 0.2) is 0 Å². The van der Waals surface area contributed by atoms with E-state index < -0.39 is 67.5 Å². The highest BCUT2D eigenvalue weighted by atomic mass is 19.4. The van der Waals surface area contributed by atoms with Crippen LogP contribution in [0.1, 0.15) is 32.6 Å². The van der Waals surface area contributed by atoms with E-state index in [2.05, 4.69) is 26.1 Å². The molecule has 0 aromatic rings. The fraction of sp³-hybridized carbons (Fsp3) is 0.762. The first-order chi connectivity index (χ1) is 17.7. The molecular formula is C21H25F10NO7. The molecular weight excluding hydrogens is 568 g/mol. The number of carbonyl (C=O) groups is 3. The van der Waals surface area contributed by atoms with Gasteiger partial charge in [-0.3, -0.25) is 4.74 Å². The van der Waals surface area contributed by atoms with Crippen molar-refractivity contribution < 1.29 is 77.2 Å². The number of rotatable bonds is 12. The number of amides is 1. The maximum Gasteiger partial charge on any atom is 0.460 e. The summed E-state index contributed by atoms with van der Waals surface area (Å²) in [6.07, 6.45) is -18.7. The first-order valence-corrected chi connectivity index (χ1v) is 11.1. The minimum atomic E-state index is -6.65. The number of alkyl carbamates (subject to hydrolysis) is 1. The SMILES string of the molecule is C=CC(=O)OCCNC(=O)OCC1CCC(COC(=O)C(F)(OC(F)(F)C(C)(F)C(F)(F)F)C(F)(F)F)CC1. The van der Waals surface area contributed by atoms with Gasteiger partial charge in [-0.25, -0.2) is 18.8 Å². The third-order valence-electron chi connectivity index (χ3n) is 5.62. The maximum absolute atomic E-state index is 14.3. The van der Waals surface area contributed by atoms with Crippen LogP contribution in [0.3, 0.4) is 0 Å². The average molecular weight is 593 g/mol. The molecule has 0 bridgehead atoms. The molecule has 39 heavy (non-hydrogen) atoms. The summed E-state index contributed by atoms with van der Waals surface area (Å²) >= 11 is 0. The van der Waals surface area contributed by atoms with Gasteiger partial charge in [0.1, 0.15) is 6.61 Å². The summed E-state index contributed by atoms with van der Waals surface area (Å²) in [6.45, 7) is 1.06. The number of esters is 2. The average Bonchev–Trinajstić information content (AvgIpc) is 2.82. The van der Waals surface area contributed by atoms with Crippen LogP contribution in [0, 0.1) is 11.8 Å². The second-order valence-electron chi connectivity index (χ2n) is 8.59. The molecule has 0 spiro atoms. The highest BCUT2D eigenvalue weighted by Gasteiger charge is 2.76. The van der Waals surface area contributed by atoms with E-state index in [0.29, 0.717) is 0 Å². The molecule has 0 heterocycles. The minimum absolute atomic E-state index is 0.0546. The normalized spacial score (nSPS) is 21.6. The third-order valence-corrected chi connectivity index (χ3v) is 5.62. The first kappa shape index (κ1) is 34.2. The number of halogens is 10. The summed E-state index contributed by atoms with van der Waals surface area (Å²) in [4.78, 5) is 34.2. The Morgan fingerprint density at radius 3 is 1.74 bits per heavy atom. The second-order valence-corrected chi connectivity index (χ2v) is 8.59. The van der Waals surface area contributed by atoms with Crippen LogP contribution in [0.15, 0.2) is 12.7 Å². The summed E-state index contributed by atoms with van der Waals surface area (Å²) in [5, 5.41) is 2.29. The summed E-state index contributed by atoms with van der Waals surface area (Å²) in [7, 11) is 0. The van der Waals surface area contributed by atoms with Crippen LogP contribution in [0.5, 0.6) is 0 Å². The Labute approximate surface area is 214 Å². The van der Waals surface area contributed by atoms with E-state index in [9.17, 15) is 58.3 Å². The Kier molecular flexibility index (Phi) is 11.4. The zero-order chi connectivity index (χ0) is 30.3. The van der Waals surface area contributed by atoms with E-state index >= 15 is 0 Å². The molecule has 1 saturated carbocycles. The Bertz CT molecular complexity index is 870. The highest BCUT2D eigenvalue weighted by Crippen LogP contribution is 2.50. The van der Waals surface area contributed by atoms with Gasteiger partial charge in [-0.05, 0) is 44.4 Å². The molecule has 2 atom stereocenters. The van der Waals surface area contributed by atoms with E-state index in [4.69, 9.17) is 4.74 Å². The van der Waals surface area contributed by atoms with Gasteiger partial charge >= 0.3 is 42.3 Å². The van der Waals surface area contributed by atoms with Crippen LogP contribution >= 0.6 is 0 Å². The Morgan fingerprint density at radius 1 is 0.821 bits per heavy atom. The molecule has 1 rings (SSSR count). The number of ether oxygens (including phenoxy) is 4. The molecule has 0 aromatic carbocycles. The molecule has 1 aliphatic rings. The summed E-state index contributed by atoms with van der Waals surface area (Å²) in [5.41, 5.74) is -5.79. The topological polar surface area (TPSA) is 100 Å². The lowest BCUT2D eigenvalue weighted by Crippen LogP contribution is -2.62. The first-order valence-electron chi connectivity index (χ1n) is 11.1. The number of hydrogen-bond donors (Lipinski definition) is 1. The fourth-order valence-electron chi connectivity index (χ4n) is 3.11. The molecule has 1 fully saturated rings. The summed E-state index contributed by atoms with van der Waals surface area (Å²) in [6, 6.07) is 0. The van der Waals surface area contributed by atoms with Crippen LogP contribution in [-0.2, 0) is 28.5 Å². The van der Waals surface area contributed by atoms with Gasteiger partial charge in [-0.15, -0.1) is 0 Å². The smallest absolute Gasteiger partial charge is 0.460 e. The van der Waals surface area contributed by atoms with Crippen LogP contribution in [0.2, 0.25) is 0 Å². The molecule has 1 amide bonds. The van der Waals surface area contributed by atoms with E-state index in [1.165, 1.54) is 0 Å². The molecule has 226 valence electrons. The monoisotopic (exact) mass is 593 g/mol. The van der Waals surface area contributed by atoms with E-state index in [0.717, 1.165) is 6.08 Å². The quantitative estimate of drug-likeness (QED) is 0.113. The van der Waals surface area contributed by atoms with Crippen molar-refractivity contribution in [3.05, 3.63) is 12.7 Å². The van der Waals surface area contributed by atoms with Gasteiger partial charge in [-0.1, -0.05) is 6.58 Å². The summed E-state index contributed by atoms with van der Waals surface area (Å²) in [5.74, 6) is -10.9. The summed E-state index contributed by atoms with van der Waals surface area (Å²) < 4.78 is 148. The predicted molar refractivity (Wildman–Crippen MR) is 108 cm³/mol. The van der Waals surface area contributed by atoms with Crippen molar-refractivity contribution in [3.8, 4) is 0 Å². The molecule has 0 saturated heterocycles. The minimum Gasteiger partial charge on any atom is -0.461 e. The van der Waals surface area contributed by atoms with Crippen molar-refractivity contribution in [2.75, 3.05) is 26.4 Å². The van der Waals surface area contributed by atoms with E-state index in [-0.39, 0.29) is 51.4 Å². The zero-order valence-electron chi connectivity index (χ0n) is 20.2. The lowest BCUT2D eigenvalue weighted by atomic mass is 9.83. The predicted octanol–water partition coefficient (Wildman–Crippen LogP) is 4.92. The van der Waals surface area contributed by atoms with Crippen LogP contribution in [-0.4, -0.2) is 74.4 Å². The van der Waals surface area contributed by atoms with E-state index in [1.54, 1.807) is 0 Å². The van der Waals surface area contributed by atoms with Crippen LogP contribution < -0.4 is 5.32 Å². The third kappa shape index (κ3) is 9.13. The van der Waals surface area contributed by atoms with E-state index in [1.807, 2.05) is 0 Å². The number of alkyl halides is 10.